The number of hydrogen-bond acceptors (Lipinski definition) is 3. The zero-order chi connectivity index (χ0) is 14.5. The molecule has 2 rings (SSSR count). The fourth-order valence-corrected chi connectivity index (χ4v) is 2.32. The highest BCUT2D eigenvalue weighted by atomic mass is 16.2. The van der Waals surface area contributed by atoms with Crippen molar-refractivity contribution in [2.24, 2.45) is 0 Å². The fourth-order valence-electron chi connectivity index (χ4n) is 2.32. The standard InChI is InChI=1S/C13H21N5O2/c1-3-15(4-2)12(19)16-7-9-17(10-8-16)13(20)18-6-5-14-11-18/h5-6,11H,3-4,7-10H2,1-2H3. The lowest BCUT2D eigenvalue weighted by molar-refractivity contribution is 0.121. The molecule has 0 unspecified atom stereocenters. The van der Waals surface area contributed by atoms with Gasteiger partial charge in [0.2, 0.25) is 0 Å². The molecule has 20 heavy (non-hydrogen) atoms. The normalized spacial score (nSPS) is 15.3. The lowest BCUT2D eigenvalue weighted by Crippen LogP contribution is -2.54. The molecule has 1 fully saturated rings. The van der Waals surface area contributed by atoms with Crippen molar-refractivity contribution in [1.29, 1.82) is 0 Å². The number of nitrogens with zero attached hydrogens (tertiary/aromatic N) is 5. The quantitative estimate of drug-likeness (QED) is 0.809. The second-order valence-electron chi connectivity index (χ2n) is 4.68. The van der Waals surface area contributed by atoms with Gasteiger partial charge in [0, 0.05) is 51.7 Å². The Labute approximate surface area is 118 Å². The van der Waals surface area contributed by atoms with Crippen molar-refractivity contribution in [2.75, 3.05) is 39.3 Å². The number of hydrogen-bond donors (Lipinski definition) is 0. The Hall–Kier alpha value is -2.05. The number of carbonyl (C=O) groups is 2. The second kappa shape index (κ2) is 6.40. The Bertz CT molecular complexity index is 447. The minimum absolute atomic E-state index is 0.0599. The number of urea groups is 1. The van der Waals surface area contributed by atoms with Crippen LogP contribution in [0, 0.1) is 0 Å². The average Bonchev–Trinajstić information content (AvgIpc) is 3.02. The Balaban J connectivity index is 1.89. The number of imidazole rings is 1. The zero-order valence-corrected chi connectivity index (χ0v) is 12.0. The third kappa shape index (κ3) is 2.92. The lowest BCUT2D eigenvalue weighted by Gasteiger charge is -2.37. The summed E-state index contributed by atoms with van der Waals surface area (Å²) < 4.78 is 1.46. The van der Waals surface area contributed by atoms with E-state index in [-0.39, 0.29) is 12.1 Å². The Morgan fingerprint density at radius 3 is 2.20 bits per heavy atom. The molecule has 0 radical (unpaired) electrons. The number of piperazine rings is 1. The maximum absolute atomic E-state index is 12.2. The topological polar surface area (TPSA) is 61.7 Å². The van der Waals surface area contributed by atoms with Gasteiger partial charge in [0.15, 0.2) is 0 Å². The van der Waals surface area contributed by atoms with Crippen LogP contribution in [-0.2, 0) is 0 Å². The summed E-state index contributed by atoms with van der Waals surface area (Å²) in [5.74, 6) is 0. The summed E-state index contributed by atoms with van der Waals surface area (Å²) in [6.07, 6.45) is 4.71. The molecule has 1 aliphatic rings. The van der Waals surface area contributed by atoms with E-state index in [1.165, 1.54) is 10.9 Å². The molecule has 2 heterocycles. The smallest absolute Gasteiger partial charge is 0.325 e. The van der Waals surface area contributed by atoms with E-state index in [4.69, 9.17) is 0 Å². The van der Waals surface area contributed by atoms with E-state index in [9.17, 15) is 9.59 Å². The maximum Gasteiger partial charge on any atom is 0.329 e. The lowest BCUT2D eigenvalue weighted by atomic mass is 10.3. The van der Waals surface area contributed by atoms with E-state index >= 15 is 0 Å². The van der Waals surface area contributed by atoms with E-state index in [0.717, 1.165) is 0 Å². The van der Waals surface area contributed by atoms with Crippen LogP contribution < -0.4 is 0 Å². The third-order valence-electron chi connectivity index (χ3n) is 3.58. The molecule has 0 saturated carbocycles. The van der Waals surface area contributed by atoms with Crippen molar-refractivity contribution in [3.05, 3.63) is 18.7 Å². The Morgan fingerprint density at radius 2 is 1.70 bits per heavy atom. The molecule has 0 aliphatic carbocycles. The summed E-state index contributed by atoms with van der Waals surface area (Å²) in [7, 11) is 0. The number of carbonyl (C=O) groups excluding carboxylic acids is 2. The van der Waals surface area contributed by atoms with E-state index in [1.54, 1.807) is 22.2 Å². The molecular weight excluding hydrogens is 258 g/mol. The number of aromatic nitrogens is 2. The van der Waals surface area contributed by atoms with E-state index in [0.29, 0.717) is 39.3 Å². The van der Waals surface area contributed by atoms with Gasteiger partial charge in [-0.25, -0.2) is 14.6 Å². The highest BCUT2D eigenvalue weighted by Crippen LogP contribution is 2.07. The van der Waals surface area contributed by atoms with Crippen LogP contribution in [-0.4, -0.2) is 75.6 Å². The molecule has 1 aromatic heterocycles. The van der Waals surface area contributed by atoms with E-state index in [2.05, 4.69) is 4.98 Å². The van der Waals surface area contributed by atoms with Crippen LogP contribution in [0.1, 0.15) is 13.8 Å². The molecular formula is C13H21N5O2. The van der Waals surface area contributed by atoms with Crippen LogP contribution in [0.2, 0.25) is 0 Å². The van der Waals surface area contributed by atoms with Crippen molar-refractivity contribution in [2.45, 2.75) is 13.8 Å². The van der Waals surface area contributed by atoms with Crippen molar-refractivity contribution >= 4 is 12.1 Å². The Morgan fingerprint density at radius 1 is 1.10 bits per heavy atom. The monoisotopic (exact) mass is 279 g/mol. The predicted octanol–water partition coefficient (Wildman–Crippen LogP) is 0.931. The molecule has 1 aromatic rings. The van der Waals surface area contributed by atoms with Crippen molar-refractivity contribution < 1.29 is 9.59 Å². The molecule has 0 bridgehead atoms. The highest BCUT2D eigenvalue weighted by Gasteiger charge is 2.26. The van der Waals surface area contributed by atoms with Crippen molar-refractivity contribution in [3.8, 4) is 0 Å². The summed E-state index contributed by atoms with van der Waals surface area (Å²) in [5, 5.41) is 0. The van der Waals surface area contributed by atoms with Crippen LogP contribution >= 0.6 is 0 Å². The summed E-state index contributed by atoms with van der Waals surface area (Å²) in [6.45, 7) is 7.65. The molecule has 0 atom stereocenters. The Kier molecular flexibility index (Phi) is 4.60. The molecule has 3 amide bonds. The SMILES string of the molecule is CCN(CC)C(=O)N1CCN(C(=O)n2ccnc2)CC1. The predicted molar refractivity (Wildman–Crippen MR) is 74.5 cm³/mol. The van der Waals surface area contributed by atoms with Crippen LogP contribution in [0.4, 0.5) is 9.59 Å². The second-order valence-corrected chi connectivity index (χ2v) is 4.68. The molecule has 7 heteroatoms. The minimum atomic E-state index is -0.0857. The summed E-state index contributed by atoms with van der Waals surface area (Å²) in [6, 6.07) is -0.0258. The van der Waals surface area contributed by atoms with Gasteiger partial charge in [-0.05, 0) is 13.8 Å². The maximum atomic E-state index is 12.2. The van der Waals surface area contributed by atoms with Gasteiger partial charge in [-0.3, -0.25) is 4.57 Å². The molecule has 7 nitrogen and oxygen atoms in total. The van der Waals surface area contributed by atoms with Gasteiger partial charge in [0.1, 0.15) is 6.33 Å². The summed E-state index contributed by atoms with van der Waals surface area (Å²) >= 11 is 0. The number of amides is 3. The number of rotatable bonds is 2. The first-order valence-electron chi connectivity index (χ1n) is 6.98. The molecule has 1 aliphatic heterocycles. The van der Waals surface area contributed by atoms with Crippen LogP contribution in [0.5, 0.6) is 0 Å². The van der Waals surface area contributed by atoms with Gasteiger partial charge < -0.3 is 14.7 Å². The molecule has 110 valence electrons. The summed E-state index contributed by atoms with van der Waals surface area (Å²) in [5.41, 5.74) is 0. The van der Waals surface area contributed by atoms with E-state index in [1.807, 2.05) is 18.7 Å². The molecule has 0 aromatic carbocycles. The van der Waals surface area contributed by atoms with Gasteiger partial charge in [-0.1, -0.05) is 0 Å². The molecule has 0 spiro atoms. The van der Waals surface area contributed by atoms with Gasteiger partial charge in [-0.2, -0.15) is 0 Å². The minimum Gasteiger partial charge on any atom is -0.325 e. The van der Waals surface area contributed by atoms with Crippen LogP contribution in [0.25, 0.3) is 0 Å². The highest BCUT2D eigenvalue weighted by molar-refractivity contribution is 5.78. The first-order chi connectivity index (χ1) is 9.67. The van der Waals surface area contributed by atoms with E-state index < -0.39 is 0 Å². The van der Waals surface area contributed by atoms with Gasteiger partial charge in [0.25, 0.3) is 0 Å². The third-order valence-corrected chi connectivity index (χ3v) is 3.58. The first kappa shape index (κ1) is 14.4. The van der Waals surface area contributed by atoms with Crippen LogP contribution in [0.15, 0.2) is 18.7 Å². The summed E-state index contributed by atoms with van der Waals surface area (Å²) in [4.78, 5) is 33.5. The van der Waals surface area contributed by atoms with Crippen LogP contribution in [0.3, 0.4) is 0 Å². The average molecular weight is 279 g/mol. The van der Waals surface area contributed by atoms with Crippen molar-refractivity contribution in [1.82, 2.24) is 24.3 Å². The molecule has 0 N–H and O–H groups in total. The first-order valence-corrected chi connectivity index (χ1v) is 6.98. The molecule has 1 saturated heterocycles. The largest absolute Gasteiger partial charge is 0.329 e. The van der Waals surface area contributed by atoms with Gasteiger partial charge >= 0.3 is 12.1 Å². The van der Waals surface area contributed by atoms with Crippen molar-refractivity contribution in [3.63, 3.8) is 0 Å². The zero-order valence-electron chi connectivity index (χ0n) is 12.0. The van der Waals surface area contributed by atoms with Gasteiger partial charge in [-0.15, -0.1) is 0 Å². The fraction of sp³-hybridized carbons (Fsp3) is 0.615. The van der Waals surface area contributed by atoms with Gasteiger partial charge in [0.05, 0.1) is 0 Å².